The smallest absolute Gasteiger partial charge is 0.378 e. The predicted molar refractivity (Wildman–Crippen MR) is 50.8 cm³/mol. The Morgan fingerprint density at radius 1 is 1.23 bits per heavy atom. The summed E-state index contributed by atoms with van der Waals surface area (Å²) < 4.78 is 9.43. The maximum atomic E-state index is 11.0. The van der Waals surface area contributed by atoms with Crippen molar-refractivity contribution in [3.63, 3.8) is 0 Å². The van der Waals surface area contributed by atoms with Gasteiger partial charge in [-0.2, -0.15) is 0 Å². The minimum Gasteiger partial charge on any atom is -0.457 e. The molecular formula is C8H14O4S. The molecule has 0 heterocycles. The van der Waals surface area contributed by atoms with Crippen LogP contribution in [0.3, 0.4) is 0 Å². The molecule has 4 nitrogen and oxygen atoms in total. The van der Waals surface area contributed by atoms with E-state index in [1.54, 1.807) is 27.7 Å². The standard InChI is InChI=1S/C8H14O4S/c1-5-11-6(9)13-7(10)12-8(2,3)4/h5H2,1-4H3. The van der Waals surface area contributed by atoms with E-state index in [4.69, 9.17) is 4.74 Å². The van der Waals surface area contributed by atoms with E-state index in [1.807, 2.05) is 0 Å². The van der Waals surface area contributed by atoms with Gasteiger partial charge in [0.2, 0.25) is 0 Å². The van der Waals surface area contributed by atoms with E-state index >= 15 is 0 Å². The number of thioether (sulfide) groups is 1. The van der Waals surface area contributed by atoms with Crippen LogP contribution in [-0.4, -0.2) is 22.8 Å². The van der Waals surface area contributed by atoms with Crippen LogP contribution in [0, 0.1) is 0 Å². The quantitative estimate of drug-likeness (QED) is 0.617. The van der Waals surface area contributed by atoms with Crippen molar-refractivity contribution in [2.45, 2.75) is 33.3 Å². The molecule has 0 aliphatic carbocycles. The van der Waals surface area contributed by atoms with E-state index in [9.17, 15) is 9.59 Å². The van der Waals surface area contributed by atoms with E-state index in [2.05, 4.69) is 4.74 Å². The lowest BCUT2D eigenvalue weighted by molar-refractivity contribution is 0.0737. The lowest BCUT2D eigenvalue weighted by Gasteiger charge is -2.18. The topological polar surface area (TPSA) is 52.6 Å². The lowest BCUT2D eigenvalue weighted by atomic mass is 10.2. The second-order valence-corrected chi connectivity index (χ2v) is 4.12. The summed E-state index contributed by atoms with van der Waals surface area (Å²) in [7, 11) is 0. The molecule has 0 amide bonds. The molecule has 0 saturated heterocycles. The SMILES string of the molecule is CCOC(=O)SC(=O)OC(C)(C)C. The number of hydrogen-bond acceptors (Lipinski definition) is 5. The van der Waals surface area contributed by atoms with E-state index in [-0.39, 0.29) is 6.61 Å². The van der Waals surface area contributed by atoms with Crippen molar-refractivity contribution in [3.05, 3.63) is 0 Å². The van der Waals surface area contributed by atoms with Crippen LogP contribution in [0.2, 0.25) is 0 Å². The maximum absolute atomic E-state index is 11.0. The van der Waals surface area contributed by atoms with Crippen molar-refractivity contribution in [3.8, 4) is 0 Å². The van der Waals surface area contributed by atoms with Crippen molar-refractivity contribution >= 4 is 22.4 Å². The summed E-state index contributed by atoms with van der Waals surface area (Å²) in [5.74, 6) is 0. The summed E-state index contributed by atoms with van der Waals surface area (Å²) in [6.07, 6.45) is 0. The highest BCUT2D eigenvalue weighted by Gasteiger charge is 2.20. The van der Waals surface area contributed by atoms with E-state index in [0.717, 1.165) is 0 Å². The fourth-order valence-electron chi connectivity index (χ4n) is 0.486. The molecule has 0 unspecified atom stereocenters. The van der Waals surface area contributed by atoms with Crippen LogP contribution in [0.1, 0.15) is 27.7 Å². The normalized spacial score (nSPS) is 10.8. The van der Waals surface area contributed by atoms with Crippen molar-refractivity contribution in [1.29, 1.82) is 0 Å². The molecule has 0 aliphatic heterocycles. The summed E-state index contributed by atoms with van der Waals surface area (Å²) in [6.45, 7) is 7.13. The molecule has 0 N–H and O–H groups in total. The van der Waals surface area contributed by atoms with Gasteiger partial charge in [0.15, 0.2) is 0 Å². The van der Waals surface area contributed by atoms with Crippen LogP contribution in [-0.2, 0) is 9.47 Å². The summed E-state index contributed by atoms with van der Waals surface area (Å²) in [4.78, 5) is 21.8. The first-order chi connectivity index (χ1) is 5.85. The van der Waals surface area contributed by atoms with Gasteiger partial charge in [-0.25, -0.2) is 9.59 Å². The van der Waals surface area contributed by atoms with Crippen LogP contribution in [0.25, 0.3) is 0 Å². The van der Waals surface area contributed by atoms with Gasteiger partial charge in [-0.05, 0) is 27.7 Å². The van der Waals surface area contributed by atoms with E-state index in [1.165, 1.54) is 0 Å². The Morgan fingerprint density at radius 2 is 1.77 bits per heavy atom. The molecule has 0 aromatic rings. The molecule has 0 fully saturated rings. The second kappa shape index (κ2) is 5.11. The maximum Gasteiger partial charge on any atom is 0.378 e. The molecule has 0 radical (unpaired) electrons. The van der Waals surface area contributed by atoms with Gasteiger partial charge in [0.25, 0.3) is 0 Å². The number of ether oxygens (including phenoxy) is 2. The third-order valence-corrected chi connectivity index (χ3v) is 1.35. The van der Waals surface area contributed by atoms with E-state index in [0.29, 0.717) is 11.8 Å². The lowest BCUT2D eigenvalue weighted by Crippen LogP contribution is -2.22. The Morgan fingerprint density at radius 3 is 2.15 bits per heavy atom. The molecule has 0 aliphatic rings. The Kier molecular flexibility index (Phi) is 4.83. The first kappa shape index (κ1) is 12.3. The van der Waals surface area contributed by atoms with Gasteiger partial charge in [-0.15, -0.1) is 0 Å². The molecule has 0 rings (SSSR count). The monoisotopic (exact) mass is 206 g/mol. The highest BCUT2D eigenvalue weighted by Crippen LogP contribution is 2.16. The van der Waals surface area contributed by atoms with Crippen LogP contribution < -0.4 is 0 Å². The summed E-state index contributed by atoms with van der Waals surface area (Å²) >= 11 is 0.429. The Bertz CT molecular complexity index is 195. The van der Waals surface area contributed by atoms with Gasteiger partial charge in [0, 0.05) is 0 Å². The first-order valence-corrected chi connectivity index (χ1v) is 4.74. The Labute approximate surface area is 82.0 Å². The van der Waals surface area contributed by atoms with Crippen LogP contribution in [0.15, 0.2) is 0 Å². The Balaban J connectivity index is 3.82. The van der Waals surface area contributed by atoms with Crippen molar-refractivity contribution in [2.24, 2.45) is 0 Å². The molecule has 0 atom stereocenters. The number of carbonyl (C=O) groups excluding carboxylic acids is 2. The number of rotatable bonds is 1. The molecule has 5 heteroatoms. The van der Waals surface area contributed by atoms with Crippen molar-refractivity contribution < 1.29 is 19.1 Å². The van der Waals surface area contributed by atoms with Gasteiger partial charge in [0.05, 0.1) is 18.4 Å². The van der Waals surface area contributed by atoms with Gasteiger partial charge >= 0.3 is 10.6 Å². The summed E-state index contributed by atoms with van der Waals surface area (Å²) in [5, 5.41) is -1.26. The third-order valence-electron chi connectivity index (χ3n) is 0.818. The fraction of sp³-hybridized carbons (Fsp3) is 0.750. The van der Waals surface area contributed by atoms with Crippen LogP contribution in [0.4, 0.5) is 9.59 Å². The molecule has 13 heavy (non-hydrogen) atoms. The van der Waals surface area contributed by atoms with Gasteiger partial charge in [-0.1, -0.05) is 0 Å². The van der Waals surface area contributed by atoms with E-state index < -0.39 is 16.2 Å². The number of hydrogen-bond donors (Lipinski definition) is 0. The molecule has 0 bridgehead atoms. The minimum atomic E-state index is -0.633. The molecular weight excluding hydrogens is 192 g/mol. The van der Waals surface area contributed by atoms with Crippen LogP contribution >= 0.6 is 11.8 Å². The van der Waals surface area contributed by atoms with Crippen molar-refractivity contribution in [2.75, 3.05) is 6.61 Å². The zero-order valence-corrected chi connectivity index (χ0v) is 9.06. The van der Waals surface area contributed by atoms with Crippen LogP contribution in [0.5, 0.6) is 0 Å². The molecule has 76 valence electrons. The molecule has 0 aromatic heterocycles. The highest BCUT2D eigenvalue weighted by atomic mass is 32.2. The molecule has 0 saturated carbocycles. The highest BCUT2D eigenvalue weighted by molar-refractivity contribution is 8.25. The van der Waals surface area contributed by atoms with Gasteiger partial charge < -0.3 is 9.47 Å². The zero-order chi connectivity index (χ0) is 10.5. The Hall–Kier alpha value is -0.710. The largest absolute Gasteiger partial charge is 0.457 e. The van der Waals surface area contributed by atoms with Gasteiger partial charge in [-0.3, -0.25) is 0 Å². The summed E-state index contributed by atoms with van der Waals surface area (Å²) in [6, 6.07) is 0. The summed E-state index contributed by atoms with van der Waals surface area (Å²) in [5.41, 5.74) is -0.573. The van der Waals surface area contributed by atoms with Crippen molar-refractivity contribution in [1.82, 2.24) is 0 Å². The minimum absolute atomic E-state index is 0.259. The average molecular weight is 206 g/mol. The predicted octanol–water partition coefficient (Wildman–Crippen LogP) is 2.81. The van der Waals surface area contributed by atoms with Gasteiger partial charge in [0.1, 0.15) is 5.60 Å². The third kappa shape index (κ3) is 7.64. The first-order valence-electron chi connectivity index (χ1n) is 3.92. The zero-order valence-electron chi connectivity index (χ0n) is 8.25. The molecule has 0 aromatic carbocycles. The average Bonchev–Trinajstić information content (AvgIpc) is 1.81. The number of carbonyl (C=O) groups is 2. The fourth-order valence-corrected chi connectivity index (χ4v) is 1.09. The second-order valence-electron chi connectivity index (χ2n) is 3.25. The molecule has 0 spiro atoms.